The molecular formula is C12H16N2O5. The Morgan fingerprint density at radius 1 is 1.42 bits per heavy atom. The van der Waals surface area contributed by atoms with E-state index in [-0.39, 0.29) is 24.4 Å². The summed E-state index contributed by atoms with van der Waals surface area (Å²) in [5, 5.41) is 28.9. The van der Waals surface area contributed by atoms with Crippen LogP contribution < -0.4 is 4.90 Å². The molecule has 19 heavy (non-hydrogen) atoms. The van der Waals surface area contributed by atoms with Gasteiger partial charge in [-0.1, -0.05) is 6.92 Å². The van der Waals surface area contributed by atoms with Crippen LogP contribution in [0.25, 0.3) is 0 Å². The Bertz CT molecular complexity index is 469. The van der Waals surface area contributed by atoms with Crippen LogP contribution in [0.4, 0.5) is 11.4 Å². The zero-order valence-corrected chi connectivity index (χ0v) is 10.6. The molecule has 0 atom stereocenters. The topological polar surface area (TPSA) is 104 Å². The average Bonchev–Trinajstić information content (AvgIpc) is 2.37. The Kier molecular flexibility index (Phi) is 5.25. The Morgan fingerprint density at radius 2 is 2.11 bits per heavy atom. The lowest BCUT2D eigenvalue weighted by molar-refractivity contribution is -0.384. The predicted molar refractivity (Wildman–Crippen MR) is 69.6 cm³/mol. The van der Waals surface area contributed by atoms with Gasteiger partial charge in [-0.05, 0) is 18.6 Å². The van der Waals surface area contributed by atoms with Crippen molar-refractivity contribution in [3.63, 3.8) is 0 Å². The maximum atomic E-state index is 11.0. The number of aliphatic hydroxyl groups is 1. The lowest BCUT2D eigenvalue weighted by atomic mass is 10.1. The van der Waals surface area contributed by atoms with E-state index >= 15 is 0 Å². The largest absolute Gasteiger partial charge is 0.478 e. The molecule has 0 unspecified atom stereocenters. The first-order valence-corrected chi connectivity index (χ1v) is 5.88. The van der Waals surface area contributed by atoms with E-state index in [4.69, 9.17) is 10.2 Å². The smallest absolute Gasteiger partial charge is 0.335 e. The van der Waals surface area contributed by atoms with E-state index in [0.29, 0.717) is 12.2 Å². The number of benzene rings is 1. The molecule has 0 aliphatic carbocycles. The first-order chi connectivity index (χ1) is 9.01. The maximum absolute atomic E-state index is 11.0. The summed E-state index contributed by atoms with van der Waals surface area (Å²) >= 11 is 0. The molecule has 0 bridgehead atoms. The van der Waals surface area contributed by atoms with Crippen LogP contribution in [0, 0.1) is 10.1 Å². The summed E-state index contributed by atoms with van der Waals surface area (Å²) in [5.41, 5.74) is -0.0661. The lowest BCUT2D eigenvalue weighted by Crippen LogP contribution is -2.28. The molecule has 0 saturated heterocycles. The Balaban J connectivity index is 3.24. The van der Waals surface area contributed by atoms with Gasteiger partial charge in [0.25, 0.3) is 5.69 Å². The number of carboxylic acids is 1. The van der Waals surface area contributed by atoms with Gasteiger partial charge in [-0.25, -0.2) is 4.79 Å². The molecule has 0 saturated carbocycles. The normalized spacial score (nSPS) is 10.2. The number of anilines is 1. The van der Waals surface area contributed by atoms with Crippen LogP contribution >= 0.6 is 0 Å². The van der Waals surface area contributed by atoms with Gasteiger partial charge in [0.15, 0.2) is 0 Å². The number of rotatable bonds is 7. The molecule has 0 radical (unpaired) electrons. The fourth-order valence-electron chi connectivity index (χ4n) is 1.81. The number of carbonyl (C=O) groups is 1. The van der Waals surface area contributed by atoms with Crippen LogP contribution in [0.1, 0.15) is 23.7 Å². The molecule has 0 aromatic heterocycles. The zero-order valence-electron chi connectivity index (χ0n) is 10.6. The molecule has 7 nitrogen and oxygen atoms in total. The molecule has 0 spiro atoms. The first kappa shape index (κ1) is 14.9. The van der Waals surface area contributed by atoms with Crippen molar-refractivity contribution in [3.8, 4) is 0 Å². The molecule has 1 aromatic carbocycles. The zero-order chi connectivity index (χ0) is 14.4. The summed E-state index contributed by atoms with van der Waals surface area (Å²) < 4.78 is 0. The average molecular weight is 268 g/mol. The summed E-state index contributed by atoms with van der Waals surface area (Å²) in [7, 11) is 0. The van der Waals surface area contributed by atoms with Crippen LogP contribution in [-0.4, -0.2) is 40.8 Å². The molecule has 1 rings (SSSR count). The van der Waals surface area contributed by atoms with Gasteiger partial charge in [0.2, 0.25) is 0 Å². The van der Waals surface area contributed by atoms with Crippen molar-refractivity contribution in [3.05, 3.63) is 33.9 Å². The molecule has 0 heterocycles. The summed E-state index contributed by atoms with van der Waals surface area (Å²) in [4.78, 5) is 22.9. The van der Waals surface area contributed by atoms with E-state index in [2.05, 4.69) is 0 Å². The van der Waals surface area contributed by atoms with Crippen molar-refractivity contribution in [1.82, 2.24) is 0 Å². The highest BCUT2D eigenvalue weighted by molar-refractivity contribution is 5.89. The van der Waals surface area contributed by atoms with Gasteiger partial charge in [0.1, 0.15) is 5.69 Å². The second-order valence-corrected chi connectivity index (χ2v) is 3.98. The van der Waals surface area contributed by atoms with Crippen molar-refractivity contribution in [2.24, 2.45) is 0 Å². The molecule has 0 amide bonds. The van der Waals surface area contributed by atoms with E-state index in [1.165, 1.54) is 12.1 Å². The highest BCUT2D eigenvalue weighted by Gasteiger charge is 2.21. The third kappa shape index (κ3) is 3.65. The predicted octanol–water partition coefficient (Wildman–Crippen LogP) is 1.50. The minimum atomic E-state index is -1.21. The fourth-order valence-corrected chi connectivity index (χ4v) is 1.81. The van der Waals surface area contributed by atoms with Crippen molar-refractivity contribution in [2.45, 2.75) is 13.3 Å². The molecular weight excluding hydrogens is 252 g/mol. The van der Waals surface area contributed by atoms with Gasteiger partial charge >= 0.3 is 5.97 Å². The Morgan fingerprint density at radius 3 is 2.58 bits per heavy atom. The van der Waals surface area contributed by atoms with Gasteiger partial charge in [-0.15, -0.1) is 0 Å². The molecule has 0 fully saturated rings. The molecule has 0 aliphatic heterocycles. The van der Waals surface area contributed by atoms with Gasteiger partial charge in [0, 0.05) is 19.2 Å². The second kappa shape index (κ2) is 6.69. The maximum Gasteiger partial charge on any atom is 0.335 e. The summed E-state index contributed by atoms with van der Waals surface area (Å²) in [6, 6.07) is 3.77. The number of hydrogen-bond acceptors (Lipinski definition) is 5. The third-order valence-electron chi connectivity index (χ3n) is 2.62. The van der Waals surface area contributed by atoms with Crippen molar-refractivity contribution in [2.75, 3.05) is 24.6 Å². The Labute approximate surface area is 110 Å². The summed E-state index contributed by atoms with van der Waals surface area (Å²) in [6.45, 7) is 2.61. The third-order valence-corrected chi connectivity index (χ3v) is 2.62. The number of nitrogens with zero attached hydrogens (tertiary/aromatic N) is 2. The van der Waals surface area contributed by atoms with Gasteiger partial charge in [0.05, 0.1) is 17.1 Å². The molecule has 7 heteroatoms. The fraction of sp³-hybridized carbons (Fsp3) is 0.417. The van der Waals surface area contributed by atoms with E-state index in [0.717, 1.165) is 12.5 Å². The van der Waals surface area contributed by atoms with Crippen molar-refractivity contribution in [1.29, 1.82) is 0 Å². The number of carboxylic acid groups (broad SMARTS) is 1. The van der Waals surface area contributed by atoms with Crippen LogP contribution in [0.2, 0.25) is 0 Å². The number of nitro groups is 1. The standard InChI is InChI=1S/C12H16N2O5/c1-2-5-13(6-7-15)10-4-3-9(12(16)17)8-11(10)14(18)19/h3-4,8,15H,2,5-7H2,1H3,(H,16,17). The number of hydrogen-bond donors (Lipinski definition) is 2. The van der Waals surface area contributed by atoms with Crippen molar-refractivity contribution >= 4 is 17.3 Å². The van der Waals surface area contributed by atoms with Gasteiger partial charge < -0.3 is 15.1 Å². The van der Waals surface area contributed by atoms with E-state index in [9.17, 15) is 14.9 Å². The Hall–Kier alpha value is -2.15. The van der Waals surface area contributed by atoms with Crippen LogP contribution in [0.5, 0.6) is 0 Å². The first-order valence-electron chi connectivity index (χ1n) is 5.88. The van der Waals surface area contributed by atoms with Gasteiger partial charge in [-0.2, -0.15) is 0 Å². The highest BCUT2D eigenvalue weighted by atomic mass is 16.6. The summed E-state index contributed by atoms with van der Waals surface area (Å²) in [6.07, 6.45) is 0.762. The molecule has 0 aliphatic rings. The minimum absolute atomic E-state index is 0.127. The van der Waals surface area contributed by atoms with Crippen LogP contribution in [-0.2, 0) is 0 Å². The van der Waals surface area contributed by atoms with Gasteiger partial charge in [-0.3, -0.25) is 10.1 Å². The van der Waals surface area contributed by atoms with E-state index < -0.39 is 10.9 Å². The molecule has 2 N–H and O–H groups in total. The van der Waals surface area contributed by atoms with Crippen molar-refractivity contribution < 1.29 is 19.9 Å². The SMILES string of the molecule is CCCN(CCO)c1ccc(C(=O)O)cc1[N+](=O)[O-]. The molecule has 1 aromatic rings. The molecule has 104 valence electrons. The minimum Gasteiger partial charge on any atom is -0.478 e. The lowest BCUT2D eigenvalue weighted by Gasteiger charge is -2.23. The quantitative estimate of drug-likeness (QED) is 0.573. The highest BCUT2D eigenvalue weighted by Crippen LogP contribution is 2.29. The van der Waals surface area contributed by atoms with Crippen LogP contribution in [0.15, 0.2) is 18.2 Å². The van der Waals surface area contributed by atoms with Crippen LogP contribution in [0.3, 0.4) is 0 Å². The second-order valence-electron chi connectivity index (χ2n) is 3.98. The number of nitro benzene ring substituents is 1. The van der Waals surface area contributed by atoms with E-state index in [1.54, 1.807) is 4.90 Å². The number of aromatic carboxylic acids is 1. The monoisotopic (exact) mass is 268 g/mol. The number of aliphatic hydroxyl groups excluding tert-OH is 1. The van der Waals surface area contributed by atoms with E-state index in [1.807, 2.05) is 6.92 Å². The summed E-state index contributed by atoms with van der Waals surface area (Å²) in [5.74, 6) is -1.21.